The van der Waals surface area contributed by atoms with Gasteiger partial charge in [-0.25, -0.2) is 0 Å². The Bertz CT molecular complexity index is 1180. The molecule has 2 aliphatic heterocycles. The molecule has 2 heterocycles. The van der Waals surface area contributed by atoms with Crippen LogP contribution in [0.25, 0.3) is 0 Å². The summed E-state index contributed by atoms with van der Waals surface area (Å²) in [6, 6.07) is 10.8. The zero-order chi connectivity index (χ0) is 29.9. The Morgan fingerprint density at radius 1 is 0.905 bits per heavy atom. The van der Waals surface area contributed by atoms with Crippen molar-refractivity contribution in [2.24, 2.45) is 5.92 Å². The van der Waals surface area contributed by atoms with Gasteiger partial charge in [-0.3, -0.25) is 14.5 Å². The monoisotopic (exact) mass is 620 g/mol. The van der Waals surface area contributed by atoms with E-state index >= 15 is 0 Å². The quantitative estimate of drug-likeness (QED) is 0.316. The van der Waals surface area contributed by atoms with E-state index in [9.17, 15) is 35.9 Å². The Morgan fingerprint density at radius 3 is 2.00 bits per heavy atom. The minimum Gasteiger partial charge on any atom is -0.370 e. The molecule has 2 aliphatic rings. The second kappa shape index (κ2) is 13.8. The van der Waals surface area contributed by atoms with Crippen LogP contribution in [-0.4, -0.2) is 60.3 Å². The first kappa shape index (κ1) is 33.9. The maximum Gasteiger partial charge on any atom is 0.416 e. The smallest absolute Gasteiger partial charge is 0.370 e. The number of rotatable bonds is 7. The lowest BCUT2D eigenvalue weighted by Gasteiger charge is -2.42. The Hall–Kier alpha value is -2.63. The van der Waals surface area contributed by atoms with Crippen LogP contribution in [-0.2, 0) is 26.7 Å². The topological polar surface area (TPSA) is 49.9 Å². The van der Waals surface area contributed by atoms with Crippen LogP contribution in [0.15, 0.2) is 48.5 Å². The molecule has 5 nitrogen and oxygen atoms in total. The molecular weight excluding hydrogens is 586 g/mol. The molecule has 3 atom stereocenters. The molecule has 232 valence electrons. The van der Waals surface area contributed by atoms with Gasteiger partial charge in [0.15, 0.2) is 0 Å². The Labute approximate surface area is 247 Å². The van der Waals surface area contributed by atoms with Crippen LogP contribution < -0.4 is 0 Å². The van der Waals surface area contributed by atoms with E-state index in [4.69, 9.17) is 4.74 Å². The van der Waals surface area contributed by atoms with Crippen molar-refractivity contribution in [1.29, 1.82) is 0 Å². The molecule has 2 aromatic carbocycles. The summed E-state index contributed by atoms with van der Waals surface area (Å²) in [4.78, 5) is 28.7. The van der Waals surface area contributed by atoms with Crippen molar-refractivity contribution in [3.8, 4) is 0 Å². The molecule has 0 aromatic heterocycles. The van der Waals surface area contributed by atoms with Gasteiger partial charge in [-0.2, -0.15) is 26.3 Å². The molecule has 0 saturated carbocycles. The first-order valence-electron chi connectivity index (χ1n) is 13.7. The van der Waals surface area contributed by atoms with Gasteiger partial charge in [0.25, 0.3) is 0 Å². The Kier molecular flexibility index (Phi) is 11.1. The van der Waals surface area contributed by atoms with E-state index < -0.39 is 35.7 Å². The molecule has 2 saturated heterocycles. The number of amides is 1. The summed E-state index contributed by atoms with van der Waals surface area (Å²) < 4.78 is 86.8. The second-order valence-electron chi connectivity index (χ2n) is 11.0. The largest absolute Gasteiger partial charge is 0.416 e. The summed E-state index contributed by atoms with van der Waals surface area (Å²) in [6.07, 6.45) is -9.81. The number of halogens is 7. The van der Waals surface area contributed by atoms with Crippen LogP contribution in [0.2, 0.25) is 0 Å². The van der Waals surface area contributed by atoms with Gasteiger partial charge in [0.2, 0.25) is 5.91 Å². The summed E-state index contributed by atoms with van der Waals surface area (Å²) in [6.45, 7) is 5.36. The van der Waals surface area contributed by atoms with Crippen molar-refractivity contribution in [3.63, 3.8) is 0 Å². The summed E-state index contributed by atoms with van der Waals surface area (Å²) in [5.41, 5.74) is -2.10. The summed E-state index contributed by atoms with van der Waals surface area (Å²) in [5, 5.41) is 0. The number of nitrogens with zero attached hydrogens (tertiary/aromatic N) is 2. The van der Waals surface area contributed by atoms with Gasteiger partial charge >= 0.3 is 12.4 Å². The zero-order valence-electron chi connectivity index (χ0n) is 23.4. The Balaban J connectivity index is 0.00000484. The van der Waals surface area contributed by atoms with Gasteiger partial charge in [0.05, 0.1) is 29.9 Å². The number of carbonyl (C=O) groups is 2. The molecule has 1 amide bonds. The van der Waals surface area contributed by atoms with Crippen LogP contribution in [0, 0.1) is 5.92 Å². The van der Waals surface area contributed by atoms with Gasteiger partial charge in [0, 0.05) is 24.9 Å². The van der Waals surface area contributed by atoms with Crippen molar-refractivity contribution in [3.05, 3.63) is 70.8 Å². The summed E-state index contributed by atoms with van der Waals surface area (Å²) in [5.74, 6) is -0.386. The third-order valence-corrected chi connectivity index (χ3v) is 7.93. The normalized spacial score (nSPS) is 21.5. The average Bonchev–Trinajstić information content (AvgIpc) is 2.92. The zero-order valence-corrected chi connectivity index (χ0v) is 24.2. The number of hydrogen-bond acceptors (Lipinski definition) is 4. The lowest BCUT2D eigenvalue weighted by molar-refractivity contribution is -0.143. The SMILES string of the molecule is CC(=O)CN1CCC(C(=O)N2CCC(OC(C)c3cc(C(F)(F)F)cc(C(F)(F)F)c3)C(c3ccccc3)C2)CC1.Cl. The number of ether oxygens (including phenoxy) is 1. The number of carbonyl (C=O) groups excluding carboxylic acids is 2. The molecule has 42 heavy (non-hydrogen) atoms. The second-order valence-corrected chi connectivity index (χ2v) is 11.0. The molecule has 4 rings (SSSR count). The lowest BCUT2D eigenvalue weighted by Crippen LogP contribution is -2.49. The van der Waals surface area contributed by atoms with E-state index in [-0.39, 0.29) is 47.6 Å². The molecular formula is C30H35ClF6N2O3. The minimum absolute atomic E-state index is 0. The van der Waals surface area contributed by atoms with E-state index in [0.29, 0.717) is 64.1 Å². The first-order valence-corrected chi connectivity index (χ1v) is 13.7. The fourth-order valence-corrected chi connectivity index (χ4v) is 5.78. The van der Waals surface area contributed by atoms with Crippen molar-refractivity contribution < 1.29 is 40.7 Å². The van der Waals surface area contributed by atoms with Gasteiger partial charge in [-0.15, -0.1) is 12.4 Å². The summed E-state index contributed by atoms with van der Waals surface area (Å²) >= 11 is 0. The van der Waals surface area contributed by atoms with Crippen LogP contribution in [0.5, 0.6) is 0 Å². The number of Topliss-reactive ketones (excluding diaryl/α,β-unsaturated/α-hetero) is 1. The van der Waals surface area contributed by atoms with Crippen molar-refractivity contribution in [2.75, 3.05) is 32.7 Å². The Morgan fingerprint density at radius 2 is 1.48 bits per heavy atom. The van der Waals surface area contributed by atoms with Crippen LogP contribution in [0.3, 0.4) is 0 Å². The average molecular weight is 621 g/mol. The lowest BCUT2D eigenvalue weighted by atomic mass is 9.86. The van der Waals surface area contributed by atoms with E-state index in [1.807, 2.05) is 35.2 Å². The number of alkyl halides is 6. The fraction of sp³-hybridized carbons (Fsp3) is 0.533. The standard InChI is InChI=1S/C30H34F6N2O3.ClH/c1-19(39)17-37-11-8-22(9-12-37)28(40)38-13-10-27(26(18-38)21-6-4-3-5-7-21)41-20(2)23-14-24(29(31,32)33)16-25(15-23)30(34,35)36;/h3-7,14-16,20,22,26-27H,8-13,17-18H2,1-2H3;1H. The van der Waals surface area contributed by atoms with Crippen LogP contribution in [0.4, 0.5) is 26.3 Å². The highest BCUT2D eigenvalue weighted by molar-refractivity contribution is 5.85. The first-order chi connectivity index (χ1) is 19.2. The number of ketones is 1. The fourth-order valence-electron chi connectivity index (χ4n) is 5.78. The van der Waals surface area contributed by atoms with E-state index in [1.165, 1.54) is 13.8 Å². The summed E-state index contributed by atoms with van der Waals surface area (Å²) in [7, 11) is 0. The number of hydrogen-bond donors (Lipinski definition) is 0. The molecule has 3 unspecified atom stereocenters. The van der Waals surface area contributed by atoms with Gasteiger partial charge in [0.1, 0.15) is 5.78 Å². The molecule has 2 fully saturated rings. The molecule has 0 spiro atoms. The van der Waals surface area contributed by atoms with E-state index in [1.54, 1.807) is 4.90 Å². The molecule has 0 aliphatic carbocycles. The maximum absolute atomic E-state index is 13.5. The van der Waals surface area contributed by atoms with Crippen LogP contribution in [0.1, 0.15) is 67.4 Å². The number of benzene rings is 2. The minimum atomic E-state index is -4.95. The van der Waals surface area contributed by atoms with Gasteiger partial charge in [-0.1, -0.05) is 30.3 Å². The predicted octanol–water partition coefficient (Wildman–Crippen LogP) is 6.91. The third-order valence-electron chi connectivity index (χ3n) is 7.93. The molecule has 0 N–H and O–H groups in total. The molecule has 12 heteroatoms. The molecule has 0 radical (unpaired) electrons. The predicted molar refractivity (Wildman–Crippen MR) is 147 cm³/mol. The van der Waals surface area contributed by atoms with Crippen molar-refractivity contribution >= 4 is 24.1 Å². The third kappa shape index (κ3) is 8.48. The molecule has 0 bridgehead atoms. The van der Waals surface area contributed by atoms with E-state index in [0.717, 1.165) is 5.56 Å². The molecule has 2 aromatic rings. The highest BCUT2D eigenvalue weighted by Crippen LogP contribution is 2.40. The number of likely N-dealkylation sites (tertiary alicyclic amines) is 2. The van der Waals surface area contributed by atoms with E-state index in [2.05, 4.69) is 0 Å². The number of piperidine rings is 2. The van der Waals surface area contributed by atoms with Gasteiger partial charge < -0.3 is 9.64 Å². The van der Waals surface area contributed by atoms with Crippen LogP contribution >= 0.6 is 12.4 Å². The maximum atomic E-state index is 13.5. The van der Waals surface area contributed by atoms with Crippen molar-refractivity contribution in [2.45, 2.75) is 63.6 Å². The van der Waals surface area contributed by atoms with Gasteiger partial charge in [-0.05, 0) is 75.5 Å². The highest BCUT2D eigenvalue weighted by Gasteiger charge is 2.40. The van der Waals surface area contributed by atoms with Crippen molar-refractivity contribution in [1.82, 2.24) is 9.80 Å². The highest BCUT2D eigenvalue weighted by atomic mass is 35.5.